The molecule has 11 heteroatoms. The Kier molecular flexibility index (Phi) is 8.89. The van der Waals surface area contributed by atoms with Crippen molar-refractivity contribution in [2.75, 3.05) is 11.9 Å². The first-order chi connectivity index (χ1) is 17.1. The van der Waals surface area contributed by atoms with Crippen molar-refractivity contribution < 1.29 is 18.7 Å². The van der Waals surface area contributed by atoms with Crippen LogP contribution < -0.4 is 16.4 Å². The van der Waals surface area contributed by atoms with Gasteiger partial charge in [0, 0.05) is 29.2 Å². The lowest BCUT2D eigenvalue weighted by molar-refractivity contribution is -0.149. The Morgan fingerprint density at radius 1 is 1.17 bits per heavy atom. The van der Waals surface area contributed by atoms with Crippen LogP contribution in [0.5, 0.6) is 0 Å². The first-order valence-electron chi connectivity index (χ1n) is 11.3. The summed E-state index contributed by atoms with van der Waals surface area (Å²) in [6.07, 6.45) is 3.97. The molecule has 4 N–H and O–H groups in total. The third-order valence-corrected chi connectivity index (χ3v) is 5.40. The maximum absolute atomic E-state index is 14.5. The maximum Gasteiger partial charge on any atom is 0.322 e. The fourth-order valence-corrected chi connectivity index (χ4v) is 3.38. The molecule has 0 saturated heterocycles. The van der Waals surface area contributed by atoms with Crippen molar-refractivity contribution in [1.29, 1.82) is 0 Å². The molecule has 36 heavy (non-hydrogen) atoms. The summed E-state index contributed by atoms with van der Waals surface area (Å²) in [7, 11) is 0. The van der Waals surface area contributed by atoms with Crippen LogP contribution >= 0.6 is 11.6 Å². The molecular weight excluding hydrogens is 487 g/mol. The molecule has 2 heterocycles. The van der Waals surface area contributed by atoms with Gasteiger partial charge < -0.3 is 21.1 Å². The SMILES string of the molecule is CC(C)c1cnc(-c2cc(Cl)ccc2F)nc1Nc1ccncc1C(=O)NC[C@H](C)OC(=O)[C@H](C)N. The highest BCUT2D eigenvalue weighted by Crippen LogP contribution is 2.30. The molecule has 0 aliphatic heterocycles. The van der Waals surface area contributed by atoms with E-state index < -0.39 is 29.8 Å². The summed E-state index contributed by atoms with van der Waals surface area (Å²) in [6, 6.07) is 5.02. The Morgan fingerprint density at radius 2 is 1.92 bits per heavy atom. The third-order valence-electron chi connectivity index (χ3n) is 5.17. The van der Waals surface area contributed by atoms with Crippen LogP contribution in [0.25, 0.3) is 11.4 Å². The van der Waals surface area contributed by atoms with Gasteiger partial charge in [-0.05, 0) is 44.0 Å². The van der Waals surface area contributed by atoms with Crippen molar-refractivity contribution in [2.24, 2.45) is 5.73 Å². The minimum atomic E-state index is -0.759. The number of carbonyl (C=O) groups is 2. The molecule has 3 rings (SSSR count). The van der Waals surface area contributed by atoms with E-state index in [2.05, 4.69) is 25.6 Å². The Hall–Kier alpha value is -3.63. The second kappa shape index (κ2) is 11.9. The monoisotopic (exact) mass is 514 g/mol. The number of amides is 1. The van der Waals surface area contributed by atoms with Crippen LogP contribution in [-0.2, 0) is 9.53 Å². The van der Waals surface area contributed by atoms with Crippen molar-refractivity contribution in [1.82, 2.24) is 20.3 Å². The number of esters is 1. The second-order valence-electron chi connectivity index (χ2n) is 8.57. The Labute approximate surface area is 213 Å². The van der Waals surface area contributed by atoms with Gasteiger partial charge in [-0.25, -0.2) is 14.4 Å². The number of nitrogens with one attached hydrogen (secondary N) is 2. The van der Waals surface area contributed by atoms with E-state index in [4.69, 9.17) is 22.1 Å². The zero-order valence-corrected chi connectivity index (χ0v) is 21.1. The molecule has 0 bridgehead atoms. The van der Waals surface area contributed by atoms with Crippen molar-refractivity contribution in [2.45, 2.75) is 45.8 Å². The highest BCUT2D eigenvalue weighted by Gasteiger charge is 2.19. The molecule has 1 amide bonds. The van der Waals surface area contributed by atoms with Gasteiger partial charge in [0.2, 0.25) is 0 Å². The number of carbonyl (C=O) groups excluding carboxylic acids is 2. The highest BCUT2D eigenvalue weighted by atomic mass is 35.5. The van der Waals surface area contributed by atoms with Crippen LogP contribution in [0.15, 0.2) is 42.9 Å². The van der Waals surface area contributed by atoms with Gasteiger partial charge in [0.1, 0.15) is 23.8 Å². The standard InChI is InChI=1S/C25H28ClFN6O3/c1-13(2)18-12-30-22(17-9-16(26)5-6-20(17)27)33-23(18)32-21-7-8-29-11-19(21)24(34)31-10-14(3)36-25(35)15(4)28/h5-9,11-15H,10,28H2,1-4H3,(H,31,34)(H,29,30,32,33)/t14-,15-/m0/s1. The molecule has 0 unspecified atom stereocenters. The van der Waals surface area contributed by atoms with Gasteiger partial charge in [-0.2, -0.15) is 0 Å². The summed E-state index contributed by atoms with van der Waals surface area (Å²) in [5.41, 5.74) is 7.10. The number of hydrogen-bond acceptors (Lipinski definition) is 8. The maximum atomic E-state index is 14.5. The largest absolute Gasteiger partial charge is 0.460 e. The normalized spacial score (nSPS) is 12.7. The summed E-state index contributed by atoms with van der Waals surface area (Å²) in [5.74, 6) is -0.913. The van der Waals surface area contributed by atoms with Crippen LogP contribution in [0.4, 0.5) is 15.9 Å². The zero-order valence-electron chi connectivity index (χ0n) is 20.4. The van der Waals surface area contributed by atoms with E-state index in [1.54, 1.807) is 19.2 Å². The number of benzene rings is 1. The van der Waals surface area contributed by atoms with Crippen LogP contribution in [0.2, 0.25) is 5.02 Å². The molecule has 0 radical (unpaired) electrons. The van der Waals surface area contributed by atoms with Crippen molar-refractivity contribution in [3.8, 4) is 11.4 Å². The predicted molar refractivity (Wildman–Crippen MR) is 136 cm³/mol. The third kappa shape index (κ3) is 6.73. The number of nitrogens with zero attached hydrogens (tertiary/aromatic N) is 3. The number of nitrogens with two attached hydrogens (primary N) is 1. The van der Waals surface area contributed by atoms with Gasteiger partial charge in [-0.1, -0.05) is 25.4 Å². The summed E-state index contributed by atoms with van der Waals surface area (Å²) in [4.78, 5) is 37.5. The fourth-order valence-electron chi connectivity index (χ4n) is 3.20. The highest BCUT2D eigenvalue weighted by molar-refractivity contribution is 6.30. The predicted octanol–water partition coefficient (Wildman–Crippen LogP) is 4.21. The van der Waals surface area contributed by atoms with E-state index in [1.165, 1.54) is 37.5 Å². The van der Waals surface area contributed by atoms with Gasteiger partial charge in [-0.3, -0.25) is 14.6 Å². The van der Waals surface area contributed by atoms with Crippen molar-refractivity contribution in [3.05, 3.63) is 64.8 Å². The number of ether oxygens (including phenoxy) is 1. The van der Waals surface area contributed by atoms with Gasteiger partial charge >= 0.3 is 5.97 Å². The molecule has 2 atom stereocenters. The first kappa shape index (κ1) is 27.0. The molecule has 0 saturated carbocycles. The van der Waals surface area contributed by atoms with E-state index in [1.807, 2.05) is 13.8 Å². The molecule has 0 aliphatic carbocycles. The van der Waals surface area contributed by atoms with Gasteiger partial charge in [0.15, 0.2) is 5.82 Å². The van der Waals surface area contributed by atoms with Crippen LogP contribution in [-0.4, -0.2) is 45.5 Å². The quantitative estimate of drug-likeness (QED) is 0.362. The van der Waals surface area contributed by atoms with Gasteiger partial charge in [0.05, 0.1) is 23.4 Å². The van der Waals surface area contributed by atoms with E-state index in [9.17, 15) is 14.0 Å². The number of anilines is 2. The van der Waals surface area contributed by atoms with E-state index in [0.717, 1.165) is 5.56 Å². The lowest BCUT2D eigenvalue weighted by Crippen LogP contribution is -2.37. The molecular formula is C25H28ClFN6O3. The lowest BCUT2D eigenvalue weighted by atomic mass is 10.1. The lowest BCUT2D eigenvalue weighted by Gasteiger charge is -2.18. The van der Waals surface area contributed by atoms with E-state index >= 15 is 0 Å². The summed E-state index contributed by atoms with van der Waals surface area (Å²) >= 11 is 6.05. The minimum Gasteiger partial charge on any atom is -0.460 e. The Balaban J connectivity index is 1.87. The molecule has 2 aromatic heterocycles. The fraction of sp³-hybridized carbons (Fsp3) is 0.320. The molecule has 0 fully saturated rings. The Bertz CT molecular complexity index is 1250. The number of aromatic nitrogens is 3. The summed E-state index contributed by atoms with van der Waals surface area (Å²) in [5, 5.41) is 6.25. The minimum absolute atomic E-state index is 0.0327. The topological polar surface area (TPSA) is 132 Å². The average molecular weight is 515 g/mol. The molecule has 3 aromatic rings. The van der Waals surface area contributed by atoms with Crippen LogP contribution in [0.3, 0.4) is 0 Å². The van der Waals surface area contributed by atoms with Gasteiger partial charge in [-0.15, -0.1) is 0 Å². The molecule has 190 valence electrons. The molecule has 9 nitrogen and oxygen atoms in total. The Morgan fingerprint density at radius 3 is 2.61 bits per heavy atom. The molecule has 0 aliphatic rings. The van der Waals surface area contributed by atoms with Crippen molar-refractivity contribution >= 4 is 35.0 Å². The van der Waals surface area contributed by atoms with Crippen molar-refractivity contribution in [3.63, 3.8) is 0 Å². The molecule has 0 spiro atoms. The first-order valence-corrected chi connectivity index (χ1v) is 11.7. The van der Waals surface area contributed by atoms with Crippen LogP contribution in [0.1, 0.15) is 49.5 Å². The van der Waals surface area contributed by atoms with E-state index in [0.29, 0.717) is 16.5 Å². The second-order valence-corrected chi connectivity index (χ2v) is 9.01. The summed E-state index contributed by atoms with van der Waals surface area (Å²) < 4.78 is 19.6. The van der Waals surface area contributed by atoms with E-state index in [-0.39, 0.29) is 29.4 Å². The molecule has 1 aromatic carbocycles. The number of rotatable bonds is 9. The number of pyridine rings is 1. The zero-order chi connectivity index (χ0) is 26.4. The van der Waals surface area contributed by atoms with Gasteiger partial charge in [0.25, 0.3) is 5.91 Å². The average Bonchev–Trinajstić information content (AvgIpc) is 2.84. The summed E-state index contributed by atoms with van der Waals surface area (Å²) in [6.45, 7) is 7.18. The number of hydrogen-bond donors (Lipinski definition) is 3. The number of halogens is 2. The van der Waals surface area contributed by atoms with Crippen LogP contribution in [0, 0.1) is 5.82 Å². The smallest absolute Gasteiger partial charge is 0.322 e.